The number of para-hydroxylation sites is 1. The molecule has 14 rings (SSSR count). The average molecular weight is 1890 g/mol. The van der Waals surface area contributed by atoms with Gasteiger partial charge in [0, 0.05) is 72.6 Å². The molecule has 2 fully saturated rings. The van der Waals surface area contributed by atoms with Crippen LogP contribution in [0.5, 0.6) is 0 Å². The zero-order valence-electron chi connectivity index (χ0n) is 70.5. The van der Waals surface area contributed by atoms with Crippen molar-refractivity contribution in [3.8, 4) is 58.9 Å². The van der Waals surface area contributed by atoms with E-state index in [1.165, 1.54) is 71.5 Å². The highest BCUT2D eigenvalue weighted by atomic mass is 32.1. The van der Waals surface area contributed by atoms with Crippen LogP contribution < -0.4 is 20.9 Å². The molecule has 5 amide bonds. The van der Waals surface area contributed by atoms with Gasteiger partial charge >= 0.3 is 30.9 Å². The third kappa shape index (κ3) is 26.3. The second-order valence-electron chi connectivity index (χ2n) is 29.9. The number of hydrogen-bond acceptors (Lipinski definition) is 16. The number of carbonyl (C=O) groups excluding carboxylic acids is 5. The van der Waals surface area contributed by atoms with Crippen LogP contribution in [-0.2, 0) is 66.1 Å². The van der Waals surface area contributed by atoms with E-state index in [2.05, 4.69) is 53.3 Å². The molecule has 0 bridgehead atoms. The van der Waals surface area contributed by atoms with Gasteiger partial charge in [0.1, 0.15) is 63.5 Å². The minimum atomic E-state index is -4.48. The zero-order chi connectivity index (χ0) is 93.2. The molecule has 0 spiro atoms. The Morgan fingerprint density at radius 3 is 1.04 bits per heavy atom. The third-order valence-corrected chi connectivity index (χ3v) is 26.0. The van der Waals surface area contributed by atoms with Crippen LogP contribution in [0, 0.1) is 11.3 Å². The molecule has 0 aliphatic heterocycles. The maximum Gasteiger partial charge on any atom is 0.433 e. The number of aromatic nitrogens is 10. The number of aryl methyl sites for hydroxylation is 5. The number of nitriles is 1. The zero-order valence-corrected chi connectivity index (χ0v) is 74.5. The van der Waals surface area contributed by atoms with Crippen molar-refractivity contribution in [3.05, 3.63) is 210 Å². The van der Waals surface area contributed by atoms with E-state index in [1.54, 1.807) is 59.5 Å². The number of amides is 5. The molecule has 2 aliphatic carbocycles. The normalized spacial score (nSPS) is 13.6. The van der Waals surface area contributed by atoms with E-state index in [4.69, 9.17) is 5.26 Å². The molecule has 2 saturated carbocycles. The number of carbonyl (C=O) groups is 5. The average Bonchev–Trinajstić information content (AvgIpc) is 1.66. The van der Waals surface area contributed by atoms with E-state index in [9.17, 15) is 89.8 Å². The lowest BCUT2D eigenvalue weighted by atomic mass is 9.88. The number of alkyl halides is 15. The van der Waals surface area contributed by atoms with Gasteiger partial charge < -0.3 is 25.8 Å². The summed E-state index contributed by atoms with van der Waals surface area (Å²) in [5.41, 5.74) is -1.16. The summed E-state index contributed by atoms with van der Waals surface area (Å²) in [4.78, 5) is 71.2. The smallest absolute Gasteiger partial charge is 0.351 e. The molecule has 0 saturated heterocycles. The molecule has 10 heterocycles. The molecule has 1 atom stereocenters. The van der Waals surface area contributed by atoms with Gasteiger partial charge in [0.15, 0.2) is 0 Å². The maximum absolute atomic E-state index is 13.6. The maximum atomic E-state index is 13.6. The molecule has 12 aromatic rings. The van der Waals surface area contributed by atoms with Crippen LogP contribution in [0.1, 0.15) is 199 Å². The summed E-state index contributed by atoms with van der Waals surface area (Å²) in [6.45, 7) is 7.59. The predicted molar refractivity (Wildman–Crippen MR) is 463 cm³/mol. The van der Waals surface area contributed by atoms with Gasteiger partial charge in [-0.25, -0.2) is 0 Å². The molecular weight excluding hydrogens is 1790 g/mol. The minimum absolute atomic E-state index is 0.0389. The summed E-state index contributed by atoms with van der Waals surface area (Å²) in [5, 5.41) is 35.9. The fraction of sp³-hybridized carbons (Fsp3) is 0.391. The number of halogens is 15. The Morgan fingerprint density at radius 1 is 0.414 bits per heavy atom. The first-order valence-corrected chi connectivity index (χ1v) is 44.7. The van der Waals surface area contributed by atoms with Gasteiger partial charge in [0.05, 0.1) is 54.8 Å². The van der Waals surface area contributed by atoms with Gasteiger partial charge in [-0.15, -0.1) is 56.7 Å². The first-order valence-electron chi connectivity index (χ1n) is 40.6. The Balaban J connectivity index is 0.000000168. The van der Waals surface area contributed by atoms with Crippen LogP contribution in [0.3, 0.4) is 0 Å². The van der Waals surface area contributed by atoms with Gasteiger partial charge in [-0.1, -0.05) is 121 Å². The first kappa shape index (κ1) is 98.9. The summed E-state index contributed by atoms with van der Waals surface area (Å²) < 4.78 is 197. The standard InChI is InChI=1S/C22H28F3N3OS.C20H20F3N3OS.C19H18F3N3OS.C14H16F3N3OS.C12H9F3N4OS/c1-27-20(22(23,24)25)14-17(26-27)18-12-13-19(30-18)21(29)28(15-8-4-2-5-9-15)16-10-6-3-7-11-16;1-3-4-12-26(14-8-6-5-7-9-14)19(27)17-11-10-16(28-17)15-13-18(20(21,22)23)25(2)24-15;1-12(13-6-4-3-5-7-13)11-23-18(26)16-9-8-15(27-16)14-10-17(19(20,21)22)25(2)24-14;1-3-4-7-18-13(21)11-6-5-10(22-11)9-8-12(14(15,16)17)20(2)19-9;1-19-10(12(13,14)15)6-7(18-19)8-2-3-9(21-8)11(20)17-5-4-16/h12-16H,2-11H2,1H3;5-11,13H,3-4,12H2,1-2H3;3-10,12H,11H2,1-2H3,(H,23,26);5-6,8H,3-4,7H2,1-2H3,(H,18,21);2-3,6H,5H2,1H3,(H,17,20)/t;;12-;;/m..1../s1. The summed E-state index contributed by atoms with van der Waals surface area (Å²) in [5.74, 6) is -0.878. The van der Waals surface area contributed by atoms with Gasteiger partial charge in [0.2, 0.25) is 0 Å². The molecule has 2 aromatic carbocycles. The molecule has 21 nitrogen and oxygen atoms in total. The summed E-state index contributed by atoms with van der Waals surface area (Å²) >= 11 is 5.66. The van der Waals surface area contributed by atoms with Crippen LogP contribution in [-0.4, -0.2) is 122 Å². The van der Waals surface area contributed by atoms with Crippen molar-refractivity contribution < 1.29 is 89.8 Å². The van der Waals surface area contributed by atoms with Gasteiger partial charge in [0.25, 0.3) is 29.5 Å². The minimum Gasteiger partial charge on any atom is -0.351 e. The Labute approximate surface area is 747 Å². The number of nitrogens with zero attached hydrogens (tertiary/aromatic N) is 13. The predicted octanol–water partition coefficient (Wildman–Crippen LogP) is 22.7. The molecule has 41 heteroatoms. The first-order chi connectivity index (χ1) is 60.6. The molecule has 0 unspecified atom stereocenters. The van der Waals surface area contributed by atoms with Crippen molar-refractivity contribution in [1.29, 1.82) is 5.26 Å². The largest absolute Gasteiger partial charge is 0.433 e. The van der Waals surface area contributed by atoms with E-state index in [0.29, 0.717) is 68.4 Å². The van der Waals surface area contributed by atoms with E-state index in [1.807, 2.05) is 74.5 Å². The highest BCUT2D eigenvalue weighted by Gasteiger charge is 2.41. The SMILES string of the molecule is CCCCN(C(=O)c1ccc(-c2cc(C(F)(F)F)n(C)n2)s1)c1ccccc1.CCCCNC(=O)c1ccc(-c2cc(C(F)(F)F)n(C)n2)s1.C[C@H](CNC(=O)c1ccc(-c2cc(C(F)(F)F)n(C)n2)s1)c1ccccc1.Cn1nc(-c2ccc(C(=O)N(C3CCCCC3)C3CCCCC3)s2)cc1C(F)(F)F.Cn1nc(-c2ccc(C(=O)NCC#N)s2)cc1C(F)(F)F. The molecular formula is C87H91F15N16O5S5. The number of benzene rings is 2. The highest BCUT2D eigenvalue weighted by molar-refractivity contribution is 7.18. The topological polar surface area (TPSA) is 241 Å². The molecule has 128 heavy (non-hydrogen) atoms. The quantitative estimate of drug-likeness (QED) is 0.0309. The lowest BCUT2D eigenvalue weighted by molar-refractivity contribution is -0.144. The van der Waals surface area contributed by atoms with Gasteiger partial charge in [-0.2, -0.15) is 96.6 Å². The molecule has 684 valence electrons. The van der Waals surface area contributed by atoms with Crippen LogP contribution in [0.25, 0.3) is 52.9 Å². The fourth-order valence-corrected chi connectivity index (χ4v) is 18.5. The lowest BCUT2D eigenvalue weighted by Crippen LogP contribution is -2.48. The number of thiophene rings is 5. The molecule has 2 aliphatic rings. The Morgan fingerprint density at radius 2 is 0.719 bits per heavy atom. The van der Waals surface area contributed by atoms with Crippen molar-refractivity contribution in [2.45, 2.75) is 160 Å². The van der Waals surface area contributed by atoms with Crippen molar-refractivity contribution in [1.82, 2.24) is 69.8 Å². The van der Waals surface area contributed by atoms with Crippen LogP contribution in [0.4, 0.5) is 71.5 Å². The Kier molecular flexibility index (Phi) is 33.8. The second-order valence-corrected chi connectivity index (χ2v) is 35.3. The third-order valence-electron chi connectivity index (χ3n) is 20.5. The van der Waals surface area contributed by atoms with Crippen molar-refractivity contribution in [2.75, 3.05) is 31.1 Å². The van der Waals surface area contributed by atoms with Crippen LogP contribution in [0.15, 0.2) is 152 Å². The van der Waals surface area contributed by atoms with Gasteiger partial charge in [-0.05, 0) is 153 Å². The van der Waals surface area contributed by atoms with E-state index in [0.717, 1.165) is 187 Å². The van der Waals surface area contributed by atoms with Crippen molar-refractivity contribution in [3.63, 3.8) is 0 Å². The number of rotatable bonds is 23. The number of unbranched alkanes of at least 4 members (excludes halogenated alkanes) is 2. The van der Waals surface area contributed by atoms with E-state index >= 15 is 0 Å². The Hall–Kier alpha value is -11.2. The molecule has 3 N–H and O–H groups in total. The number of nitrogens with one attached hydrogen (secondary N) is 3. The summed E-state index contributed by atoms with van der Waals surface area (Å²) in [6, 6.07) is 42.7. The van der Waals surface area contributed by atoms with E-state index < -0.39 is 65.3 Å². The number of hydrogen-bond donors (Lipinski definition) is 3. The lowest BCUT2D eigenvalue weighted by Gasteiger charge is -2.41. The van der Waals surface area contributed by atoms with E-state index in [-0.39, 0.29) is 76.6 Å². The monoisotopic (exact) mass is 1880 g/mol. The Bertz CT molecular complexity index is 5710. The molecule has 10 aromatic heterocycles. The summed E-state index contributed by atoms with van der Waals surface area (Å²) in [7, 11) is 6.26. The fourth-order valence-electron chi connectivity index (χ4n) is 14.0. The molecule has 0 radical (unpaired) electrons. The second kappa shape index (κ2) is 43.7. The van der Waals surface area contributed by atoms with Crippen LogP contribution in [0.2, 0.25) is 0 Å². The number of anilines is 1. The van der Waals surface area contributed by atoms with Crippen molar-refractivity contribution >= 4 is 91.9 Å². The van der Waals surface area contributed by atoms with Crippen molar-refractivity contribution in [2.24, 2.45) is 35.2 Å². The van der Waals surface area contributed by atoms with Crippen LogP contribution >= 0.6 is 56.7 Å². The summed E-state index contributed by atoms with van der Waals surface area (Å²) in [6.07, 6.45) is -7.36. The van der Waals surface area contributed by atoms with Gasteiger partial charge in [-0.3, -0.25) is 47.4 Å². The highest BCUT2D eigenvalue weighted by Crippen LogP contribution is 2.42.